The van der Waals surface area contributed by atoms with Crippen molar-refractivity contribution in [1.82, 2.24) is 10.2 Å². The summed E-state index contributed by atoms with van der Waals surface area (Å²) in [5.74, 6) is 0.586. The van der Waals surface area contributed by atoms with Crippen molar-refractivity contribution in [3.8, 4) is 5.75 Å². The topological polar surface area (TPSA) is 70.7 Å². The van der Waals surface area contributed by atoms with Gasteiger partial charge in [-0.05, 0) is 49.7 Å². The fourth-order valence-corrected chi connectivity index (χ4v) is 2.95. The van der Waals surface area contributed by atoms with Crippen LogP contribution in [0, 0.1) is 0 Å². The van der Waals surface area contributed by atoms with Crippen LogP contribution in [0.25, 0.3) is 0 Å². The van der Waals surface area contributed by atoms with Crippen LogP contribution in [0.5, 0.6) is 5.75 Å². The van der Waals surface area contributed by atoms with Crippen molar-refractivity contribution in [3.63, 3.8) is 0 Å². The van der Waals surface area contributed by atoms with Gasteiger partial charge in [0.25, 0.3) is 5.91 Å². The number of ether oxygens (including phenoxy) is 1. The molecule has 6 nitrogen and oxygen atoms in total. The summed E-state index contributed by atoms with van der Waals surface area (Å²) in [6.45, 7) is 1.34. The van der Waals surface area contributed by atoms with Gasteiger partial charge >= 0.3 is 0 Å². The van der Waals surface area contributed by atoms with E-state index < -0.39 is 0 Å². The Morgan fingerprint density at radius 1 is 1.14 bits per heavy atom. The highest BCUT2D eigenvalue weighted by atomic mass is 16.5. The summed E-state index contributed by atoms with van der Waals surface area (Å²) in [6.07, 6.45) is 2.40. The number of para-hydroxylation sites is 1. The maximum absolute atomic E-state index is 12.4. The predicted octanol–water partition coefficient (Wildman–Crippen LogP) is 3.05. The van der Waals surface area contributed by atoms with Crippen LogP contribution < -0.4 is 15.4 Å². The number of carbonyl (C=O) groups is 2. The van der Waals surface area contributed by atoms with Crippen molar-refractivity contribution in [2.75, 3.05) is 26.0 Å². The van der Waals surface area contributed by atoms with Crippen molar-refractivity contribution >= 4 is 17.5 Å². The smallest absolute Gasteiger partial charge is 0.253 e. The summed E-state index contributed by atoms with van der Waals surface area (Å²) >= 11 is 0. The van der Waals surface area contributed by atoms with Crippen LogP contribution in [-0.4, -0.2) is 43.5 Å². The van der Waals surface area contributed by atoms with E-state index in [2.05, 4.69) is 15.5 Å². The number of hydrogen-bond donors (Lipinski definition) is 2. The molecule has 2 amide bonds. The number of methoxy groups -OCH3 is 1. The predicted molar refractivity (Wildman–Crippen MR) is 110 cm³/mol. The van der Waals surface area contributed by atoms with Gasteiger partial charge in [-0.1, -0.05) is 24.3 Å². The fourth-order valence-electron chi connectivity index (χ4n) is 2.95. The van der Waals surface area contributed by atoms with Crippen molar-refractivity contribution in [2.24, 2.45) is 0 Å². The third-order valence-corrected chi connectivity index (χ3v) is 4.67. The first-order valence-corrected chi connectivity index (χ1v) is 9.56. The van der Waals surface area contributed by atoms with Gasteiger partial charge < -0.3 is 20.3 Å². The normalized spacial score (nSPS) is 13.2. The van der Waals surface area contributed by atoms with Crippen LogP contribution >= 0.6 is 0 Å². The highest BCUT2D eigenvalue weighted by Crippen LogP contribution is 2.21. The Bertz CT molecular complexity index is 833. The molecule has 148 valence electrons. The maximum atomic E-state index is 12.4. The van der Waals surface area contributed by atoms with Crippen molar-refractivity contribution in [2.45, 2.75) is 31.8 Å². The molecule has 1 fully saturated rings. The van der Waals surface area contributed by atoms with Gasteiger partial charge in [-0.25, -0.2) is 0 Å². The van der Waals surface area contributed by atoms with Crippen LogP contribution in [-0.2, 0) is 11.3 Å². The Kier molecular flexibility index (Phi) is 6.66. The lowest BCUT2D eigenvalue weighted by atomic mass is 10.1. The lowest BCUT2D eigenvalue weighted by Crippen LogP contribution is -2.28. The molecule has 6 heteroatoms. The number of carbonyl (C=O) groups excluding carboxylic acids is 2. The number of nitrogens with zero attached hydrogens (tertiary/aromatic N) is 1. The molecule has 0 radical (unpaired) electrons. The molecule has 1 saturated carbocycles. The standard InChI is InChI=1S/C22H27N3O3/c1-25(15-16-6-5-7-18(14-16)28-2)13-12-21(26)24-20-9-4-3-8-19(20)22(27)23-17-10-11-17/h3-9,14,17H,10-13,15H2,1-2H3,(H,23,27)(H,24,26). The van der Waals surface area contributed by atoms with E-state index in [4.69, 9.17) is 4.74 Å². The van der Waals surface area contributed by atoms with Crippen molar-refractivity contribution in [3.05, 3.63) is 59.7 Å². The third-order valence-electron chi connectivity index (χ3n) is 4.67. The molecule has 0 saturated heterocycles. The number of benzene rings is 2. The van der Waals surface area contributed by atoms with Crippen LogP contribution in [0.4, 0.5) is 5.69 Å². The van der Waals surface area contributed by atoms with E-state index in [1.807, 2.05) is 37.4 Å². The van der Waals surface area contributed by atoms with E-state index in [0.29, 0.717) is 24.2 Å². The molecular formula is C22H27N3O3. The lowest BCUT2D eigenvalue weighted by molar-refractivity contribution is -0.116. The number of amides is 2. The molecule has 1 aliphatic rings. The highest BCUT2D eigenvalue weighted by molar-refractivity contribution is 6.03. The van der Waals surface area contributed by atoms with Gasteiger partial charge in [0, 0.05) is 25.6 Å². The lowest BCUT2D eigenvalue weighted by Gasteiger charge is -2.17. The number of anilines is 1. The zero-order valence-electron chi connectivity index (χ0n) is 16.4. The molecule has 1 aliphatic carbocycles. The highest BCUT2D eigenvalue weighted by Gasteiger charge is 2.25. The molecule has 3 rings (SSSR count). The fraction of sp³-hybridized carbons (Fsp3) is 0.364. The monoisotopic (exact) mass is 381 g/mol. The number of nitrogens with one attached hydrogen (secondary N) is 2. The SMILES string of the molecule is COc1cccc(CN(C)CCC(=O)Nc2ccccc2C(=O)NC2CC2)c1. The molecule has 0 atom stereocenters. The molecule has 2 aromatic carbocycles. The van der Waals surface area contributed by atoms with Crippen LogP contribution in [0.3, 0.4) is 0 Å². The van der Waals surface area contributed by atoms with Gasteiger partial charge in [-0.2, -0.15) is 0 Å². The largest absolute Gasteiger partial charge is 0.497 e. The number of rotatable bonds is 9. The Labute approximate surface area is 165 Å². The van der Waals surface area contributed by atoms with Gasteiger partial charge in [0.05, 0.1) is 18.4 Å². The molecule has 0 heterocycles. The average molecular weight is 381 g/mol. The Hall–Kier alpha value is -2.86. The quantitative estimate of drug-likeness (QED) is 0.700. The summed E-state index contributed by atoms with van der Waals surface area (Å²) in [6, 6.07) is 15.3. The summed E-state index contributed by atoms with van der Waals surface area (Å²) < 4.78 is 5.24. The van der Waals surface area contributed by atoms with E-state index in [1.165, 1.54) is 0 Å². The van der Waals surface area contributed by atoms with Gasteiger partial charge in [0.1, 0.15) is 5.75 Å². The van der Waals surface area contributed by atoms with Crippen LogP contribution in [0.1, 0.15) is 35.2 Å². The van der Waals surface area contributed by atoms with E-state index in [1.54, 1.807) is 25.3 Å². The number of hydrogen-bond acceptors (Lipinski definition) is 4. The molecule has 0 aromatic heterocycles. The zero-order chi connectivity index (χ0) is 19.9. The van der Waals surface area contributed by atoms with E-state index >= 15 is 0 Å². The summed E-state index contributed by atoms with van der Waals surface area (Å²) in [5.41, 5.74) is 2.19. The second-order valence-electron chi connectivity index (χ2n) is 7.18. The molecule has 0 aliphatic heterocycles. The van der Waals surface area contributed by atoms with Gasteiger partial charge in [-0.3, -0.25) is 9.59 Å². The summed E-state index contributed by atoms with van der Waals surface area (Å²) in [7, 11) is 3.62. The molecule has 2 N–H and O–H groups in total. The molecule has 0 bridgehead atoms. The minimum Gasteiger partial charge on any atom is -0.497 e. The second-order valence-corrected chi connectivity index (χ2v) is 7.18. The van der Waals surface area contributed by atoms with E-state index in [-0.39, 0.29) is 17.9 Å². The third kappa shape index (κ3) is 5.82. The Morgan fingerprint density at radius 3 is 2.68 bits per heavy atom. The molecular weight excluding hydrogens is 354 g/mol. The first kappa shape index (κ1) is 19.9. The van der Waals surface area contributed by atoms with Gasteiger partial charge in [-0.15, -0.1) is 0 Å². The first-order chi connectivity index (χ1) is 13.5. The maximum Gasteiger partial charge on any atom is 0.253 e. The van der Waals surface area contributed by atoms with Crippen LogP contribution in [0.15, 0.2) is 48.5 Å². The van der Waals surface area contributed by atoms with Crippen molar-refractivity contribution in [1.29, 1.82) is 0 Å². The summed E-state index contributed by atoms with van der Waals surface area (Å²) in [4.78, 5) is 26.8. The van der Waals surface area contributed by atoms with E-state index in [0.717, 1.165) is 30.7 Å². The van der Waals surface area contributed by atoms with Gasteiger partial charge in [0.15, 0.2) is 0 Å². The minimum atomic E-state index is -0.131. The van der Waals surface area contributed by atoms with Crippen LogP contribution in [0.2, 0.25) is 0 Å². The zero-order valence-corrected chi connectivity index (χ0v) is 16.4. The minimum absolute atomic E-state index is 0.107. The first-order valence-electron chi connectivity index (χ1n) is 9.56. The molecule has 0 spiro atoms. The molecule has 28 heavy (non-hydrogen) atoms. The second kappa shape index (κ2) is 9.37. The molecule has 2 aromatic rings. The average Bonchev–Trinajstić information content (AvgIpc) is 3.51. The van der Waals surface area contributed by atoms with Crippen molar-refractivity contribution < 1.29 is 14.3 Å². The van der Waals surface area contributed by atoms with E-state index in [9.17, 15) is 9.59 Å². The summed E-state index contributed by atoms with van der Waals surface area (Å²) in [5, 5.41) is 5.84. The Morgan fingerprint density at radius 2 is 1.93 bits per heavy atom. The Balaban J connectivity index is 1.50. The van der Waals surface area contributed by atoms with Gasteiger partial charge in [0.2, 0.25) is 5.91 Å². The molecule has 0 unspecified atom stereocenters.